The summed E-state index contributed by atoms with van der Waals surface area (Å²) >= 11 is 0. The first-order chi connectivity index (χ1) is 18.4. The number of carbonyl (C=O) groups excluding carboxylic acids is 3. The van der Waals surface area contributed by atoms with E-state index in [-0.39, 0.29) is 30.2 Å². The first kappa shape index (κ1) is 23.6. The predicted molar refractivity (Wildman–Crippen MR) is 138 cm³/mol. The number of anilines is 1. The fraction of sp³-hybridized carbons (Fsp3) is 0.552. The lowest BCUT2D eigenvalue weighted by atomic mass is 9.88. The van der Waals surface area contributed by atoms with E-state index in [9.17, 15) is 14.4 Å². The maximum Gasteiger partial charge on any atom is 0.263 e. The zero-order valence-electron chi connectivity index (χ0n) is 21.9. The number of fused-ring (bicyclic) bond motifs is 1. The third-order valence-corrected chi connectivity index (χ3v) is 9.67. The van der Waals surface area contributed by atoms with Crippen LogP contribution in [-0.2, 0) is 11.3 Å². The number of nitrogens with zero attached hydrogens (tertiary/aromatic N) is 5. The van der Waals surface area contributed by atoms with E-state index < -0.39 is 0 Å². The van der Waals surface area contributed by atoms with E-state index in [0.717, 1.165) is 31.5 Å². The molecule has 9 nitrogen and oxygen atoms in total. The molecule has 1 aromatic heterocycles. The van der Waals surface area contributed by atoms with Crippen molar-refractivity contribution in [3.63, 3.8) is 0 Å². The predicted octanol–water partition coefficient (Wildman–Crippen LogP) is 3.45. The van der Waals surface area contributed by atoms with E-state index in [4.69, 9.17) is 4.42 Å². The Bertz CT molecular complexity index is 1360. The molecule has 0 unspecified atom stereocenters. The summed E-state index contributed by atoms with van der Waals surface area (Å²) in [5, 5.41) is 7.84. The Kier molecular flexibility index (Phi) is 5.29. The zero-order chi connectivity index (χ0) is 26.2. The van der Waals surface area contributed by atoms with Crippen LogP contribution in [0.25, 0.3) is 0 Å². The van der Waals surface area contributed by atoms with Gasteiger partial charge < -0.3 is 14.2 Å². The molecule has 2 bridgehead atoms. The van der Waals surface area contributed by atoms with Crippen LogP contribution in [-0.4, -0.2) is 64.4 Å². The molecule has 5 aliphatic rings. The van der Waals surface area contributed by atoms with Crippen LogP contribution in [0.15, 0.2) is 34.8 Å². The topological polar surface area (TPSA) is 99.9 Å². The Morgan fingerprint density at radius 2 is 2.03 bits per heavy atom. The van der Waals surface area contributed by atoms with Crippen LogP contribution >= 0.6 is 0 Å². The van der Waals surface area contributed by atoms with Gasteiger partial charge in [0.25, 0.3) is 11.8 Å². The monoisotopic (exact) mass is 515 g/mol. The molecule has 1 aromatic carbocycles. The number of carbonyl (C=O) groups is 3. The van der Waals surface area contributed by atoms with E-state index in [1.54, 1.807) is 24.9 Å². The number of aromatic nitrogens is 2. The Hall–Kier alpha value is -3.49. The van der Waals surface area contributed by atoms with Gasteiger partial charge in [0.05, 0.1) is 29.3 Å². The first-order valence-corrected chi connectivity index (χ1v) is 13.8. The number of piperidine rings is 1. The van der Waals surface area contributed by atoms with Crippen LogP contribution in [0, 0.1) is 36.0 Å². The fourth-order valence-electron chi connectivity index (χ4n) is 7.70. The van der Waals surface area contributed by atoms with Crippen molar-refractivity contribution < 1.29 is 18.8 Å². The number of hydrogen-bond donors (Lipinski definition) is 0. The van der Waals surface area contributed by atoms with Crippen LogP contribution in [0.5, 0.6) is 0 Å². The fourth-order valence-corrected chi connectivity index (χ4v) is 7.70. The van der Waals surface area contributed by atoms with Crippen molar-refractivity contribution in [1.82, 2.24) is 20.0 Å². The summed E-state index contributed by atoms with van der Waals surface area (Å²) in [4.78, 5) is 45.7. The minimum atomic E-state index is -0.215. The molecule has 3 aliphatic carbocycles. The normalized spacial score (nSPS) is 28.5. The molecule has 3 heterocycles. The van der Waals surface area contributed by atoms with Gasteiger partial charge in [0.15, 0.2) is 0 Å². The second-order valence-corrected chi connectivity index (χ2v) is 11.9. The minimum Gasteiger partial charge on any atom is -0.424 e. The molecule has 3 fully saturated rings. The molecule has 7 rings (SSSR count). The standard InChI is InChI=1S/C29H33N5O4/c1-17-30-31-24(38-17)16-32(2)26(35)18-5-4-12-33(14-18)23-7-3-6-21-25(23)28(37)34(27(21)36)15-19-13-20-8-9-22(19)29(20)10-11-29/h3,6-9,18-20,22H,4-5,10-16H2,1-2H3/t18-,19-,20+,22+/m0/s1. The molecule has 2 saturated carbocycles. The lowest BCUT2D eigenvalue weighted by Gasteiger charge is -2.36. The maximum atomic E-state index is 13.7. The Balaban J connectivity index is 1.08. The highest BCUT2D eigenvalue weighted by Gasteiger charge is 2.63. The van der Waals surface area contributed by atoms with E-state index >= 15 is 0 Å². The number of rotatable bonds is 6. The molecule has 38 heavy (non-hydrogen) atoms. The van der Waals surface area contributed by atoms with Gasteiger partial charge in [0.1, 0.15) is 0 Å². The molecular weight excluding hydrogens is 482 g/mol. The highest BCUT2D eigenvalue weighted by Crippen LogP contribution is 2.70. The maximum absolute atomic E-state index is 13.7. The third kappa shape index (κ3) is 3.54. The van der Waals surface area contributed by atoms with E-state index in [0.29, 0.717) is 59.2 Å². The molecule has 9 heteroatoms. The molecule has 3 amide bonds. The number of aryl methyl sites for hydroxylation is 1. The van der Waals surface area contributed by atoms with Crippen LogP contribution < -0.4 is 4.90 Å². The van der Waals surface area contributed by atoms with Crippen LogP contribution in [0.2, 0.25) is 0 Å². The lowest BCUT2D eigenvalue weighted by Crippen LogP contribution is -2.44. The number of allylic oxidation sites excluding steroid dienone is 2. The van der Waals surface area contributed by atoms with E-state index in [1.165, 1.54) is 17.7 Å². The summed E-state index contributed by atoms with van der Waals surface area (Å²) in [5.41, 5.74) is 2.19. The Labute approximate surface area is 221 Å². The average molecular weight is 516 g/mol. The first-order valence-electron chi connectivity index (χ1n) is 13.8. The molecule has 0 radical (unpaired) electrons. The molecule has 4 atom stereocenters. The summed E-state index contributed by atoms with van der Waals surface area (Å²) in [6, 6.07) is 5.55. The Morgan fingerprint density at radius 3 is 2.76 bits per heavy atom. The second kappa shape index (κ2) is 8.51. The van der Waals surface area contributed by atoms with Gasteiger partial charge >= 0.3 is 0 Å². The number of imide groups is 1. The second-order valence-electron chi connectivity index (χ2n) is 11.9. The number of benzene rings is 1. The minimum absolute atomic E-state index is 0.0144. The van der Waals surface area contributed by atoms with Gasteiger partial charge in [-0.1, -0.05) is 18.2 Å². The molecule has 198 valence electrons. The number of amides is 3. The van der Waals surface area contributed by atoms with Crippen LogP contribution in [0.1, 0.15) is 64.6 Å². The highest BCUT2D eigenvalue weighted by molar-refractivity contribution is 6.23. The SMILES string of the molecule is Cc1nnc(CN(C)C(=O)[C@H]2CCCN(c3cccc4c3C(=O)N(C[C@@H]3C[C@H]5C=C[C@H]3C53CC3)C4=O)C2)o1. The van der Waals surface area contributed by atoms with Crippen molar-refractivity contribution >= 4 is 23.4 Å². The van der Waals surface area contributed by atoms with Gasteiger partial charge in [0, 0.05) is 33.6 Å². The third-order valence-electron chi connectivity index (χ3n) is 9.67. The quantitative estimate of drug-likeness (QED) is 0.429. The molecular formula is C29H33N5O4. The van der Waals surface area contributed by atoms with Crippen molar-refractivity contribution in [2.75, 3.05) is 31.6 Å². The van der Waals surface area contributed by atoms with Crippen molar-refractivity contribution in [1.29, 1.82) is 0 Å². The van der Waals surface area contributed by atoms with Gasteiger partial charge in [-0.2, -0.15) is 0 Å². The molecule has 1 saturated heterocycles. The van der Waals surface area contributed by atoms with Crippen molar-refractivity contribution in [3.05, 3.63) is 53.3 Å². The summed E-state index contributed by atoms with van der Waals surface area (Å²) in [6.07, 6.45) is 9.94. The average Bonchev–Trinajstić information content (AvgIpc) is 3.31. The summed E-state index contributed by atoms with van der Waals surface area (Å²) in [7, 11) is 1.75. The summed E-state index contributed by atoms with van der Waals surface area (Å²) in [5.74, 6) is 1.79. The van der Waals surface area contributed by atoms with Crippen LogP contribution in [0.3, 0.4) is 0 Å². The molecule has 1 spiro atoms. The van der Waals surface area contributed by atoms with Crippen molar-refractivity contribution in [2.24, 2.45) is 29.1 Å². The number of hydrogen-bond acceptors (Lipinski definition) is 7. The van der Waals surface area contributed by atoms with Crippen molar-refractivity contribution in [2.45, 2.75) is 45.6 Å². The van der Waals surface area contributed by atoms with Crippen LogP contribution in [0.4, 0.5) is 5.69 Å². The van der Waals surface area contributed by atoms with Gasteiger partial charge in [-0.05, 0) is 67.4 Å². The van der Waals surface area contributed by atoms with Gasteiger partial charge in [0.2, 0.25) is 17.7 Å². The Morgan fingerprint density at radius 1 is 1.18 bits per heavy atom. The molecule has 2 aromatic rings. The summed E-state index contributed by atoms with van der Waals surface area (Å²) < 4.78 is 5.44. The van der Waals surface area contributed by atoms with E-state index in [1.807, 2.05) is 12.1 Å². The molecule has 0 N–H and O–H groups in total. The van der Waals surface area contributed by atoms with E-state index in [2.05, 4.69) is 27.2 Å². The smallest absolute Gasteiger partial charge is 0.263 e. The molecule has 2 aliphatic heterocycles. The summed E-state index contributed by atoms with van der Waals surface area (Å²) in [6.45, 7) is 3.73. The van der Waals surface area contributed by atoms with Gasteiger partial charge in [-0.15, -0.1) is 10.2 Å². The van der Waals surface area contributed by atoms with Gasteiger partial charge in [-0.25, -0.2) is 0 Å². The highest BCUT2D eigenvalue weighted by atomic mass is 16.4. The largest absolute Gasteiger partial charge is 0.424 e. The lowest BCUT2D eigenvalue weighted by molar-refractivity contribution is -0.135. The zero-order valence-corrected chi connectivity index (χ0v) is 21.9. The van der Waals surface area contributed by atoms with Crippen molar-refractivity contribution in [3.8, 4) is 0 Å². The van der Waals surface area contributed by atoms with Gasteiger partial charge in [-0.3, -0.25) is 19.3 Å².